The predicted octanol–water partition coefficient (Wildman–Crippen LogP) is 4.16. The molecule has 0 spiro atoms. The van der Waals surface area contributed by atoms with Crippen LogP contribution in [-0.2, 0) is 10.1 Å². The van der Waals surface area contributed by atoms with E-state index in [4.69, 9.17) is 21.1 Å². The van der Waals surface area contributed by atoms with Crippen LogP contribution in [0, 0.1) is 0 Å². The molecule has 0 aliphatic carbocycles. The summed E-state index contributed by atoms with van der Waals surface area (Å²) in [6.07, 6.45) is -4.39. The smallest absolute Gasteiger partial charge is 0.411 e. The van der Waals surface area contributed by atoms with Gasteiger partial charge in [0.1, 0.15) is 6.61 Å². The molecule has 0 heterocycles. The molecular weight excluding hydrogens is 352 g/mol. The average molecular weight is 364 g/mol. The van der Waals surface area contributed by atoms with E-state index < -0.39 is 19.6 Å². The third kappa shape index (κ3) is 5.46. The number of methoxy groups -OCH3 is 1. The highest BCUT2D eigenvalue weighted by Crippen LogP contribution is 2.37. The van der Waals surface area contributed by atoms with Crippen molar-refractivity contribution < 1.29 is 27.4 Å². The van der Waals surface area contributed by atoms with Crippen molar-refractivity contribution in [1.29, 1.82) is 0 Å². The van der Waals surface area contributed by atoms with Crippen LogP contribution in [0.1, 0.15) is 5.56 Å². The fourth-order valence-electron chi connectivity index (χ4n) is 1.25. The van der Waals surface area contributed by atoms with Gasteiger partial charge in [-0.25, -0.2) is 0 Å². The van der Waals surface area contributed by atoms with Crippen LogP contribution in [0.3, 0.4) is 0 Å². The third-order valence-electron chi connectivity index (χ3n) is 2.00. The first-order valence-electron chi connectivity index (χ1n) is 5.07. The standard InChI is InChI=1S/C11H11BrClF3O3/c1-17-9-3-7(4-12)2-8(13)10(9)19-6-18-5-11(14,15)16/h2-3H,4-6H2,1H3. The fraction of sp³-hybridized carbons (Fsp3) is 0.455. The SMILES string of the molecule is COc1cc(CBr)cc(Cl)c1OCOCC(F)(F)F. The van der Waals surface area contributed by atoms with Gasteiger partial charge in [-0.1, -0.05) is 27.5 Å². The Balaban J connectivity index is 2.67. The Kier molecular flexibility index (Phi) is 6.22. The number of hydrogen-bond acceptors (Lipinski definition) is 3. The van der Waals surface area contributed by atoms with Crippen molar-refractivity contribution in [3.8, 4) is 11.5 Å². The lowest BCUT2D eigenvalue weighted by Crippen LogP contribution is -2.19. The summed E-state index contributed by atoms with van der Waals surface area (Å²) in [4.78, 5) is 0. The summed E-state index contributed by atoms with van der Waals surface area (Å²) in [5, 5.41) is 0.804. The van der Waals surface area contributed by atoms with E-state index in [9.17, 15) is 13.2 Å². The van der Waals surface area contributed by atoms with Crippen LogP contribution in [-0.4, -0.2) is 26.7 Å². The Morgan fingerprint density at radius 3 is 2.53 bits per heavy atom. The number of alkyl halides is 4. The van der Waals surface area contributed by atoms with E-state index in [0.717, 1.165) is 5.56 Å². The maximum Gasteiger partial charge on any atom is 0.411 e. The van der Waals surface area contributed by atoms with Crippen molar-refractivity contribution in [3.05, 3.63) is 22.7 Å². The van der Waals surface area contributed by atoms with E-state index in [1.54, 1.807) is 12.1 Å². The molecule has 0 aromatic heterocycles. The van der Waals surface area contributed by atoms with Gasteiger partial charge in [0.15, 0.2) is 18.3 Å². The molecule has 0 saturated carbocycles. The third-order valence-corrected chi connectivity index (χ3v) is 2.92. The Labute approximate surface area is 121 Å². The van der Waals surface area contributed by atoms with Crippen LogP contribution in [0.5, 0.6) is 11.5 Å². The number of hydrogen-bond donors (Lipinski definition) is 0. The maximum absolute atomic E-state index is 11.9. The minimum Gasteiger partial charge on any atom is -0.493 e. The van der Waals surface area contributed by atoms with Gasteiger partial charge in [0, 0.05) is 5.33 Å². The molecule has 0 amide bonds. The highest BCUT2D eigenvalue weighted by atomic mass is 79.9. The van der Waals surface area contributed by atoms with Crippen molar-refractivity contribution in [2.45, 2.75) is 11.5 Å². The van der Waals surface area contributed by atoms with Crippen molar-refractivity contribution in [3.63, 3.8) is 0 Å². The molecule has 0 bridgehead atoms. The van der Waals surface area contributed by atoms with Gasteiger partial charge in [-0.3, -0.25) is 0 Å². The van der Waals surface area contributed by atoms with Crippen molar-refractivity contribution >= 4 is 27.5 Å². The lowest BCUT2D eigenvalue weighted by atomic mass is 10.2. The molecule has 0 fully saturated rings. The molecule has 8 heteroatoms. The van der Waals surface area contributed by atoms with Crippen LogP contribution in [0.15, 0.2) is 12.1 Å². The minimum atomic E-state index is -4.39. The second-order valence-corrected chi connectivity index (χ2v) is 4.44. The molecule has 1 aromatic carbocycles. The summed E-state index contributed by atoms with van der Waals surface area (Å²) < 4.78 is 50.1. The normalized spacial score (nSPS) is 11.5. The highest BCUT2D eigenvalue weighted by Gasteiger charge is 2.27. The number of ether oxygens (including phenoxy) is 3. The molecule has 0 unspecified atom stereocenters. The van der Waals surface area contributed by atoms with Gasteiger partial charge in [0.2, 0.25) is 0 Å². The fourth-order valence-corrected chi connectivity index (χ4v) is 1.86. The van der Waals surface area contributed by atoms with Crippen LogP contribution in [0.2, 0.25) is 5.02 Å². The Bertz CT molecular complexity index is 426. The Morgan fingerprint density at radius 1 is 1.32 bits per heavy atom. The van der Waals surface area contributed by atoms with Crippen molar-refractivity contribution in [2.24, 2.45) is 0 Å². The van der Waals surface area contributed by atoms with Crippen LogP contribution >= 0.6 is 27.5 Å². The summed E-state index contributed by atoms with van der Waals surface area (Å²) in [7, 11) is 1.41. The summed E-state index contributed by atoms with van der Waals surface area (Å²) in [5.74, 6) is 0.480. The average Bonchev–Trinajstić information content (AvgIpc) is 2.34. The van der Waals surface area contributed by atoms with E-state index in [1.807, 2.05) is 0 Å². The first-order chi connectivity index (χ1) is 8.87. The lowest BCUT2D eigenvalue weighted by Gasteiger charge is -2.14. The van der Waals surface area contributed by atoms with Crippen molar-refractivity contribution in [1.82, 2.24) is 0 Å². The summed E-state index contributed by atoms with van der Waals surface area (Å²) in [6, 6.07) is 3.29. The summed E-state index contributed by atoms with van der Waals surface area (Å²) in [5.41, 5.74) is 0.852. The quantitative estimate of drug-likeness (QED) is 0.431. The van der Waals surface area contributed by atoms with Gasteiger partial charge in [-0.05, 0) is 17.7 Å². The molecule has 0 radical (unpaired) electrons. The summed E-state index contributed by atoms with van der Waals surface area (Å²) >= 11 is 9.22. The second-order valence-electron chi connectivity index (χ2n) is 3.47. The Morgan fingerprint density at radius 2 is 2.00 bits per heavy atom. The molecule has 0 aliphatic heterocycles. The van der Waals surface area contributed by atoms with E-state index in [0.29, 0.717) is 11.1 Å². The monoisotopic (exact) mass is 362 g/mol. The van der Waals surface area contributed by atoms with E-state index in [-0.39, 0.29) is 10.8 Å². The maximum atomic E-state index is 11.9. The number of halogens is 5. The second kappa shape index (κ2) is 7.21. The molecule has 0 saturated heterocycles. The largest absolute Gasteiger partial charge is 0.493 e. The van der Waals surface area contributed by atoms with Gasteiger partial charge < -0.3 is 14.2 Å². The molecule has 0 aliphatic rings. The predicted molar refractivity (Wildman–Crippen MR) is 68.1 cm³/mol. The molecule has 0 N–H and O–H groups in total. The lowest BCUT2D eigenvalue weighted by molar-refractivity contribution is -0.186. The van der Waals surface area contributed by atoms with Crippen LogP contribution in [0.25, 0.3) is 0 Å². The minimum absolute atomic E-state index is 0.149. The van der Waals surface area contributed by atoms with Crippen LogP contribution in [0.4, 0.5) is 13.2 Å². The van der Waals surface area contributed by atoms with Gasteiger partial charge in [-0.2, -0.15) is 13.2 Å². The molecule has 108 valence electrons. The van der Waals surface area contributed by atoms with Gasteiger partial charge in [0.25, 0.3) is 0 Å². The zero-order chi connectivity index (χ0) is 14.5. The zero-order valence-corrected chi connectivity index (χ0v) is 12.2. The van der Waals surface area contributed by atoms with Gasteiger partial charge in [-0.15, -0.1) is 0 Å². The van der Waals surface area contributed by atoms with Crippen molar-refractivity contribution in [2.75, 3.05) is 20.5 Å². The number of rotatable bonds is 6. The first kappa shape index (κ1) is 16.4. The molecule has 0 atom stereocenters. The topological polar surface area (TPSA) is 27.7 Å². The van der Waals surface area contributed by atoms with E-state index in [1.165, 1.54) is 7.11 Å². The summed E-state index contributed by atoms with van der Waals surface area (Å²) in [6.45, 7) is -1.95. The van der Waals surface area contributed by atoms with Gasteiger partial charge in [0.05, 0.1) is 12.1 Å². The molecule has 1 rings (SSSR count). The molecular formula is C11H11BrClF3O3. The van der Waals surface area contributed by atoms with Gasteiger partial charge >= 0.3 is 6.18 Å². The highest BCUT2D eigenvalue weighted by molar-refractivity contribution is 9.08. The van der Waals surface area contributed by atoms with Crippen LogP contribution < -0.4 is 9.47 Å². The molecule has 3 nitrogen and oxygen atoms in total. The first-order valence-corrected chi connectivity index (χ1v) is 6.57. The number of benzene rings is 1. The zero-order valence-electron chi connectivity index (χ0n) is 9.89. The van der Waals surface area contributed by atoms with E-state index >= 15 is 0 Å². The molecule has 19 heavy (non-hydrogen) atoms. The van der Waals surface area contributed by atoms with E-state index in [2.05, 4.69) is 20.7 Å². The molecule has 1 aromatic rings. The Hall–Kier alpha value is -0.660.